The fourth-order valence-corrected chi connectivity index (χ4v) is 4.63. The summed E-state index contributed by atoms with van der Waals surface area (Å²) >= 11 is 1.71. The van der Waals surface area contributed by atoms with E-state index in [-0.39, 0.29) is 5.78 Å². The van der Waals surface area contributed by atoms with Crippen LogP contribution in [0.4, 0.5) is 0 Å². The number of aryl methyl sites for hydroxylation is 1. The molecule has 0 amide bonds. The van der Waals surface area contributed by atoms with Gasteiger partial charge in [0.15, 0.2) is 5.78 Å². The smallest absolute Gasteiger partial charge is 0.183 e. The molecule has 0 radical (unpaired) electrons. The van der Waals surface area contributed by atoms with E-state index in [0.29, 0.717) is 19.6 Å². The van der Waals surface area contributed by atoms with Gasteiger partial charge in [0.1, 0.15) is 0 Å². The molecule has 1 atom stereocenters. The third-order valence-corrected chi connectivity index (χ3v) is 6.49. The maximum atomic E-state index is 13.6. The summed E-state index contributed by atoms with van der Waals surface area (Å²) in [5.41, 5.74) is 1.49. The van der Waals surface area contributed by atoms with Crippen molar-refractivity contribution in [1.82, 2.24) is 4.90 Å². The number of morpholine rings is 1. The van der Waals surface area contributed by atoms with Gasteiger partial charge in [-0.1, -0.05) is 54.6 Å². The summed E-state index contributed by atoms with van der Waals surface area (Å²) in [7, 11) is 0. The van der Waals surface area contributed by atoms with Crippen molar-refractivity contribution in [3.05, 3.63) is 72.3 Å². The third-order valence-electron chi connectivity index (χ3n) is 5.48. The lowest BCUT2D eigenvalue weighted by Crippen LogP contribution is -2.57. The highest BCUT2D eigenvalue weighted by Gasteiger charge is 2.42. The first kappa shape index (κ1) is 20.8. The van der Waals surface area contributed by atoms with Crippen molar-refractivity contribution in [2.45, 2.75) is 42.0 Å². The Morgan fingerprint density at radius 3 is 2.21 bits per heavy atom. The molecule has 1 unspecified atom stereocenters. The molecule has 1 fully saturated rings. The van der Waals surface area contributed by atoms with Crippen LogP contribution in [-0.2, 0) is 4.74 Å². The average Bonchev–Trinajstić information content (AvgIpc) is 2.74. The summed E-state index contributed by atoms with van der Waals surface area (Å²) in [4.78, 5) is 18.2. The van der Waals surface area contributed by atoms with Gasteiger partial charge < -0.3 is 4.74 Å². The highest BCUT2D eigenvalue weighted by molar-refractivity contribution is 7.99. The van der Waals surface area contributed by atoms with Crippen molar-refractivity contribution in [1.29, 1.82) is 0 Å². The second kappa shape index (κ2) is 9.55. The Hall–Kier alpha value is -1.88. The molecule has 2 aromatic carbocycles. The molecule has 0 saturated carbocycles. The molecule has 1 saturated heterocycles. The molecule has 0 N–H and O–H groups in total. The van der Waals surface area contributed by atoms with E-state index in [9.17, 15) is 4.79 Å². The molecule has 1 aliphatic heterocycles. The second-order valence-corrected chi connectivity index (χ2v) is 8.39. The molecule has 0 bridgehead atoms. The van der Waals surface area contributed by atoms with Crippen molar-refractivity contribution in [2.75, 3.05) is 26.3 Å². The van der Waals surface area contributed by atoms with E-state index in [1.807, 2.05) is 30.3 Å². The standard InChI is InChI=1S/C24H29NO2S/c1-4-14-24(5-2,25-15-17-27-18-16-25)23(26)20-8-12-22(13-9-20)28-21-10-6-19(3)7-11-21/h4,6-13H,1,5,14-18H2,2-3H3. The van der Waals surface area contributed by atoms with E-state index < -0.39 is 5.54 Å². The van der Waals surface area contributed by atoms with Gasteiger partial charge in [0, 0.05) is 28.4 Å². The highest BCUT2D eigenvalue weighted by Crippen LogP contribution is 2.32. The van der Waals surface area contributed by atoms with Gasteiger partial charge in [0.25, 0.3) is 0 Å². The van der Waals surface area contributed by atoms with Crippen LogP contribution in [0.1, 0.15) is 35.7 Å². The zero-order valence-corrected chi connectivity index (χ0v) is 17.6. The van der Waals surface area contributed by atoms with Gasteiger partial charge in [-0.15, -0.1) is 6.58 Å². The number of carbonyl (C=O) groups is 1. The minimum atomic E-state index is -0.531. The number of nitrogens with zero attached hydrogens (tertiary/aromatic N) is 1. The molecule has 3 rings (SSSR count). The zero-order chi connectivity index (χ0) is 20.0. The van der Waals surface area contributed by atoms with Crippen LogP contribution >= 0.6 is 11.8 Å². The van der Waals surface area contributed by atoms with E-state index in [1.54, 1.807) is 11.8 Å². The third kappa shape index (κ3) is 4.57. The number of ether oxygens (including phenoxy) is 1. The van der Waals surface area contributed by atoms with Gasteiger partial charge in [0.05, 0.1) is 18.8 Å². The summed E-state index contributed by atoms with van der Waals surface area (Å²) in [6.45, 7) is 11.0. The molecule has 148 valence electrons. The number of ketones is 1. The summed E-state index contributed by atoms with van der Waals surface area (Å²) < 4.78 is 5.50. The van der Waals surface area contributed by atoms with Gasteiger partial charge in [-0.25, -0.2) is 0 Å². The van der Waals surface area contributed by atoms with Gasteiger partial charge >= 0.3 is 0 Å². The van der Waals surface area contributed by atoms with Crippen molar-refractivity contribution in [2.24, 2.45) is 0 Å². The van der Waals surface area contributed by atoms with Gasteiger partial charge in [-0.05, 0) is 44.0 Å². The lowest BCUT2D eigenvalue weighted by molar-refractivity contribution is -0.0154. The summed E-state index contributed by atoms with van der Waals surface area (Å²) in [6.07, 6.45) is 3.29. The lowest BCUT2D eigenvalue weighted by Gasteiger charge is -2.43. The average molecular weight is 396 g/mol. The first-order valence-corrected chi connectivity index (χ1v) is 10.7. The molecule has 4 heteroatoms. The number of Topliss-reactive ketones (excluding diaryl/α,β-unsaturated/α-hetero) is 1. The van der Waals surface area contributed by atoms with Crippen LogP contribution in [0.25, 0.3) is 0 Å². The van der Waals surface area contributed by atoms with E-state index in [2.05, 4.69) is 49.6 Å². The number of hydrogen-bond acceptors (Lipinski definition) is 4. The van der Waals surface area contributed by atoms with Crippen LogP contribution in [0.15, 0.2) is 71.0 Å². The number of carbonyl (C=O) groups excluding carboxylic acids is 1. The maximum absolute atomic E-state index is 13.6. The summed E-state index contributed by atoms with van der Waals surface area (Å²) in [5.74, 6) is 0.184. The predicted octanol–water partition coefficient (Wildman–Crippen LogP) is 5.39. The van der Waals surface area contributed by atoms with E-state index >= 15 is 0 Å². The fourth-order valence-electron chi connectivity index (χ4n) is 3.81. The molecule has 1 heterocycles. The van der Waals surface area contributed by atoms with E-state index in [0.717, 1.165) is 30.0 Å². The molecular formula is C24H29NO2S. The molecule has 2 aromatic rings. The normalized spacial score (nSPS) is 17.1. The number of rotatable bonds is 8. The van der Waals surface area contributed by atoms with Crippen molar-refractivity contribution >= 4 is 17.5 Å². The Morgan fingerprint density at radius 2 is 1.68 bits per heavy atom. The van der Waals surface area contributed by atoms with Crippen LogP contribution < -0.4 is 0 Å². The Balaban J connectivity index is 1.80. The Kier molecular flexibility index (Phi) is 7.11. The SMILES string of the molecule is C=CCC(CC)(C(=O)c1ccc(Sc2ccc(C)cc2)cc1)N1CCOCC1. The van der Waals surface area contributed by atoms with Gasteiger partial charge in [0.2, 0.25) is 0 Å². The molecular weight excluding hydrogens is 366 g/mol. The van der Waals surface area contributed by atoms with Crippen molar-refractivity contribution in [3.8, 4) is 0 Å². The number of benzene rings is 2. The Labute approximate surface area is 172 Å². The monoisotopic (exact) mass is 395 g/mol. The van der Waals surface area contributed by atoms with E-state index in [1.165, 1.54) is 10.5 Å². The topological polar surface area (TPSA) is 29.5 Å². The minimum absolute atomic E-state index is 0.184. The second-order valence-electron chi connectivity index (χ2n) is 7.25. The van der Waals surface area contributed by atoms with Crippen LogP contribution in [0, 0.1) is 6.92 Å². The summed E-state index contributed by atoms with van der Waals surface area (Å²) in [5, 5.41) is 0. The maximum Gasteiger partial charge on any atom is 0.183 e. The first-order chi connectivity index (χ1) is 13.6. The minimum Gasteiger partial charge on any atom is -0.379 e. The Bertz CT molecular complexity index is 794. The quantitative estimate of drug-likeness (QED) is 0.443. The molecule has 0 spiro atoms. The fraction of sp³-hybridized carbons (Fsp3) is 0.375. The van der Waals surface area contributed by atoms with Crippen molar-refractivity contribution in [3.63, 3.8) is 0 Å². The largest absolute Gasteiger partial charge is 0.379 e. The first-order valence-electron chi connectivity index (χ1n) is 9.92. The lowest BCUT2D eigenvalue weighted by atomic mass is 9.81. The predicted molar refractivity (Wildman–Crippen MR) is 116 cm³/mol. The van der Waals surface area contributed by atoms with Crippen LogP contribution in [-0.4, -0.2) is 42.5 Å². The summed E-state index contributed by atoms with van der Waals surface area (Å²) in [6, 6.07) is 16.5. The molecule has 28 heavy (non-hydrogen) atoms. The van der Waals surface area contributed by atoms with Crippen LogP contribution in [0.5, 0.6) is 0 Å². The van der Waals surface area contributed by atoms with Crippen LogP contribution in [0.3, 0.4) is 0 Å². The van der Waals surface area contributed by atoms with Crippen LogP contribution in [0.2, 0.25) is 0 Å². The van der Waals surface area contributed by atoms with E-state index in [4.69, 9.17) is 4.74 Å². The van der Waals surface area contributed by atoms with Crippen molar-refractivity contribution < 1.29 is 9.53 Å². The highest BCUT2D eigenvalue weighted by atomic mass is 32.2. The molecule has 1 aliphatic rings. The van der Waals surface area contributed by atoms with Gasteiger partial charge in [-0.3, -0.25) is 9.69 Å². The Morgan fingerprint density at radius 1 is 1.11 bits per heavy atom. The number of hydrogen-bond donors (Lipinski definition) is 0. The van der Waals surface area contributed by atoms with Gasteiger partial charge in [-0.2, -0.15) is 0 Å². The molecule has 0 aliphatic carbocycles. The molecule has 3 nitrogen and oxygen atoms in total. The zero-order valence-electron chi connectivity index (χ0n) is 16.8. The molecule has 0 aromatic heterocycles.